The molecular weight excluding hydrogens is 488 g/mol. The first kappa shape index (κ1) is 24.2. The number of ether oxygens (including phenoxy) is 1. The normalized spacial score (nSPS) is 17.1. The Balaban J connectivity index is 1.47. The molecule has 1 saturated heterocycles. The van der Waals surface area contributed by atoms with Crippen molar-refractivity contribution in [2.75, 3.05) is 7.11 Å². The molecule has 38 heavy (non-hydrogen) atoms. The van der Waals surface area contributed by atoms with Gasteiger partial charge in [0.05, 0.1) is 30.6 Å². The van der Waals surface area contributed by atoms with Crippen LogP contribution in [0.4, 0.5) is 0 Å². The van der Waals surface area contributed by atoms with Crippen molar-refractivity contribution >= 4 is 28.1 Å². The van der Waals surface area contributed by atoms with Crippen molar-refractivity contribution in [1.82, 2.24) is 19.8 Å². The lowest BCUT2D eigenvalue weighted by molar-refractivity contribution is 0.310. The third-order valence-corrected chi connectivity index (χ3v) is 7.86. The molecule has 0 spiro atoms. The molecule has 5 nitrogen and oxygen atoms in total. The summed E-state index contributed by atoms with van der Waals surface area (Å²) in [4.78, 5) is 7.02. The molecule has 0 radical (unpaired) electrons. The topological polar surface area (TPSA) is 42.3 Å². The number of rotatable bonds is 6. The third kappa shape index (κ3) is 4.21. The molecule has 5 aromatic rings. The van der Waals surface area contributed by atoms with E-state index >= 15 is 0 Å². The molecule has 1 aliphatic heterocycles. The zero-order chi connectivity index (χ0) is 26.2. The fourth-order valence-corrected chi connectivity index (χ4v) is 6.01. The number of methoxy groups -OCH3 is 1. The number of nitrogens with zero attached hydrogens (tertiary/aromatic N) is 3. The molecule has 2 atom stereocenters. The largest absolute Gasteiger partial charge is 0.497 e. The minimum absolute atomic E-state index is 0.0190. The van der Waals surface area contributed by atoms with Crippen molar-refractivity contribution < 1.29 is 4.74 Å². The number of pyridine rings is 1. The van der Waals surface area contributed by atoms with Crippen LogP contribution in [0, 0.1) is 13.8 Å². The summed E-state index contributed by atoms with van der Waals surface area (Å²) in [6.07, 6.45) is 1.85. The molecule has 3 aromatic carbocycles. The van der Waals surface area contributed by atoms with Gasteiger partial charge in [0, 0.05) is 29.5 Å². The molecule has 3 heterocycles. The van der Waals surface area contributed by atoms with Gasteiger partial charge in [-0.25, -0.2) is 0 Å². The van der Waals surface area contributed by atoms with Crippen LogP contribution in [0.3, 0.4) is 0 Å². The number of thiocarbonyl (C=S) groups is 1. The summed E-state index contributed by atoms with van der Waals surface area (Å²) in [6, 6.07) is 31.6. The minimum Gasteiger partial charge on any atom is -0.497 e. The van der Waals surface area contributed by atoms with E-state index in [0.29, 0.717) is 6.54 Å². The van der Waals surface area contributed by atoms with Crippen molar-refractivity contribution in [3.63, 3.8) is 0 Å². The predicted molar refractivity (Wildman–Crippen MR) is 157 cm³/mol. The molecule has 190 valence electrons. The fraction of sp³-hybridized carbons (Fsp3) is 0.188. The van der Waals surface area contributed by atoms with Crippen molar-refractivity contribution in [3.8, 4) is 11.4 Å². The van der Waals surface area contributed by atoms with E-state index in [9.17, 15) is 0 Å². The van der Waals surface area contributed by atoms with Gasteiger partial charge in [0.1, 0.15) is 5.75 Å². The fourth-order valence-electron chi connectivity index (χ4n) is 5.70. The van der Waals surface area contributed by atoms with Gasteiger partial charge < -0.3 is 19.5 Å². The molecule has 6 heteroatoms. The summed E-state index contributed by atoms with van der Waals surface area (Å²) in [6.45, 7) is 5.08. The van der Waals surface area contributed by atoms with Gasteiger partial charge in [0.25, 0.3) is 0 Å². The van der Waals surface area contributed by atoms with Gasteiger partial charge >= 0.3 is 0 Å². The number of fused-ring (bicyclic) bond motifs is 1. The molecule has 0 unspecified atom stereocenters. The van der Waals surface area contributed by atoms with Crippen LogP contribution in [0.2, 0.25) is 0 Å². The lowest BCUT2D eigenvalue weighted by Crippen LogP contribution is -2.29. The number of hydrogen-bond acceptors (Lipinski definition) is 3. The molecule has 0 bridgehead atoms. The summed E-state index contributed by atoms with van der Waals surface area (Å²) in [7, 11) is 1.69. The molecule has 0 saturated carbocycles. The lowest BCUT2D eigenvalue weighted by Gasteiger charge is -2.28. The van der Waals surface area contributed by atoms with Crippen molar-refractivity contribution in [2.45, 2.75) is 32.5 Å². The molecule has 1 fully saturated rings. The van der Waals surface area contributed by atoms with Gasteiger partial charge in [-0.1, -0.05) is 54.6 Å². The van der Waals surface area contributed by atoms with Crippen LogP contribution in [0.15, 0.2) is 97.2 Å². The average Bonchev–Trinajstić information content (AvgIpc) is 3.43. The predicted octanol–water partition coefficient (Wildman–Crippen LogP) is 6.82. The Morgan fingerprint density at radius 1 is 0.921 bits per heavy atom. The van der Waals surface area contributed by atoms with Gasteiger partial charge in [0.2, 0.25) is 0 Å². The first-order valence-corrected chi connectivity index (χ1v) is 13.2. The molecule has 1 N–H and O–H groups in total. The van der Waals surface area contributed by atoms with E-state index in [0.717, 1.165) is 16.6 Å². The molecule has 0 aliphatic carbocycles. The summed E-state index contributed by atoms with van der Waals surface area (Å²) in [5.74, 6) is 0.845. The van der Waals surface area contributed by atoms with Gasteiger partial charge in [-0.05, 0) is 79.0 Å². The Bertz CT molecular complexity index is 1610. The number of nitrogens with one attached hydrogen (secondary N) is 1. The van der Waals surface area contributed by atoms with Gasteiger partial charge in [-0.3, -0.25) is 4.98 Å². The molecule has 6 rings (SSSR count). The summed E-state index contributed by atoms with van der Waals surface area (Å²) in [5, 5.41) is 6.80. The van der Waals surface area contributed by atoms with Crippen LogP contribution in [0.1, 0.15) is 40.3 Å². The Hall–Kier alpha value is -4.16. The van der Waals surface area contributed by atoms with Crippen molar-refractivity contribution in [2.24, 2.45) is 0 Å². The SMILES string of the molecule is COc1ccc(CN2C(=S)N[C@@H](c3ccccn3)[C@@H]2c2cc(C)n(-c3cccc4ccccc34)c2C)cc1. The highest BCUT2D eigenvalue weighted by molar-refractivity contribution is 7.80. The Labute approximate surface area is 228 Å². The molecular formula is C32H30N4OS. The van der Waals surface area contributed by atoms with E-state index in [1.54, 1.807) is 7.11 Å². The maximum absolute atomic E-state index is 5.94. The maximum Gasteiger partial charge on any atom is 0.170 e. The number of benzene rings is 3. The van der Waals surface area contributed by atoms with E-state index in [4.69, 9.17) is 21.9 Å². The van der Waals surface area contributed by atoms with Gasteiger partial charge in [-0.15, -0.1) is 0 Å². The Morgan fingerprint density at radius 3 is 2.45 bits per heavy atom. The maximum atomic E-state index is 5.94. The first-order chi connectivity index (χ1) is 18.5. The third-order valence-electron chi connectivity index (χ3n) is 7.51. The number of aromatic nitrogens is 2. The highest BCUT2D eigenvalue weighted by atomic mass is 32.1. The smallest absolute Gasteiger partial charge is 0.170 e. The first-order valence-electron chi connectivity index (χ1n) is 12.8. The van der Waals surface area contributed by atoms with Crippen LogP contribution in [0.5, 0.6) is 5.75 Å². The van der Waals surface area contributed by atoms with Crippen LogP contribution in [-0.4, -0.2) is 26.7 Å². The monoisotopic (exact) mass is 518 g/mol. The average molecular weight is 519 g/mol. The highest BCUT2D eigenvalue weighted by Crippen LogP contribution is 2.42. The summed E-state index contributed by atoms with van der Waals surface area (Å²) >= 11 is 5.94. The van der Waals surface area contributed by atoms with Crippen LogP contribution < -0.4 is 10.1 Å². The van der Waals surface area contributed by atoms with Crippen molar-refractivity contribution in [3.05, 3.63) is 125 Å². The molecule has 1 aliphatic rings. The zero-order valence-corrected chi connectivity index (χ0v) is 22.6. The standard InChI is InChI=1S/C32H30N4OS/c1-21-19-27(22(2)36(21)29-13-8-10-24-9-4-5-11-26(24)29)31-30(28-12-6-7-18-33-28)34-32(38)35(31)20-23-14-16-25(37-3)17-15-23/h4-19,30-31H,20H2,1-3H3,(H,34,38)/t30-,31-/m0/s1. The number of aryl methyl sites for hydroxylation is 1. The second-order valence-corrected chi connectivity index (χ2v) is 10.1. The highest BCUT2D eigenvalue weighted by Gasteiger charge is 2.41. The Morgan fingerprint density at radius 2 is 1.68 bits per heavy atom. The van der Waals surface area contributed by atoms with Gasteiger partial charge in [-0.2, -0.15) is 0 Å². The van der Waals surface area contributed by atoms with E-state index in [1.807, 2.05) is 30.5 Å². The second kappa shape index (κ2) is 9.95. The quantitative estimate of drug-likeness (QED) is 0.250. The minimum atomic E-state index is -0.0663. The summed E-state index contributed by atoms with van der Waals surface area (Å²) < 4.78 is 7.74. The second-order valence-electron chi connectivity index (χ2n) is 9.76. The van der Waals surface area contributed by atoms with Crippen LogP contribution >= 0.6 is 12.2 Å². The van der Waals surface area contributed by atoms with Crippen LogP contribution in [0.25, 0.3) is 16.5 Å². The number of hydrogen-bond donors (Lipinski definition) is 1. The zero-order valence-electron chi connectivity index (χ0n) is 21.8. The van der Waals surface area contributed by atoms with Gasteiger partial charge in [0.15, 0.2) is 5.11 Å². The molecule has 0 amide bonds. The molecule has 2 aromatic heterocycles. The van der Waals surface area contributed by atoms with Crippen molar-refractivity contribution in [1.29, 1.82) is 0 Å². The van der Waals surface area contributed by atoms with E-state index in [2.05, 4.69) is 95.4 Å². The summed E-state index contributed by atoms with van der Waals surface area (Å²) in [5.41, 5.74) is 6.98. The Kier molecular flexibility index (Phi) is 6.34. The lowest BCUT2D eigenvalue weighted by atomic mass is 9.96. The van der Waals surface area contributed by atoms with E-state index in [1.165, 1.54) is 39.0 Å². The van der Waals surface area contributed by atoms with E-state index < -0.39 is 0 Å². The van der Waals surface area contributed by atoms with Crippen LogP contribution in [-0.2, 0) is 6.54 Å². The van der Waals surface area contributed by atoms with E-state index in [-0.39, 0.29) is 12.1 Å².